The van der Waals surface area contributed by atoms with Crippen molar-refractivity contribution in [2.24, 2.45) is 0 Å². The molecule has 4 heteroatoms. The summed E-state index contributed by atoms with van der Waals surface area (Å²) in [6.45, 7) is 0.549. The lowest BCUT2D eigenvalue weighted by molar-refractivity contribution is 0.147. The fraction of sp³-hybridized carbons (Fsp3) is 0.636. The van der Waals surface area contributed by atoms with Crippen molar-refractivity contribution in [2.45, 2.75) is 44.6 Å². The van der Waals surface area contributed by atoms with E-state index in [0.717, 1.165) is 25.0 Å². The Morgan fingerprint density at radius 2 is 2.13 bits per heavy atom. The van der Waals surface area contributed by atoms with Crippen LogP contribution in [0.15, 0.2) is 16.5 Å². The standard InChI is InChI=1S/C11H17NO3/c13-7-9-5-4-8(15-9)6-12-10-2-1-3-11(10)14/h4-5,10-14H,1-3,6-7H2. The van der Waals surface area contributed by atoms with Gasteiger partial charge in [-0.05, 0) is 31.4 Å². The van der Waals surface area contributed by atoms with E-state index in [1.54, 1.807) is 6.07 Å². The van der Waals surface area contributed by atoms with Gasteiger partial charge in [0.25, 0.3) is 0 Å². The van der Waals surface area contributed by atoms with Gasteiger partial charge in [-0.2, -0.15) is 0 Å². The van der Waals surface area contributed by atoms with Crippen LogP contribution in [0.5, 0.6) is 0 Å². The third-order valence-electron chi connectivity index (χ3n) is 2.89. The third kappa shape index (κ3) is 2.59. The molecule has 0 spiro atoms. The molecule has 1 heterocycles. The highest BCUT2D eigenvalue weighted by Gasteiger charge is 2.24. The number of furan rings is 1. The van der Waals surface area contributed by atoms with Gasteiger partial charge in [0.1, 0.15) is 18.1 Å². The smallest absolute Gasteiger partial charge is 0.129 e. The minimum Gasteiger partial charge on any atom is -0.462 e. The first-order valence-electron chi connectivity index (χ1n) is 5.39. The highest BCUT2D eigenvalue weighted by Crippen LogP contribution is 2.19. The van der Waals surface area contributed by atoms with Crippen molar-refractivity contribution in [1.29, 1.82) is 0 Å². The molecule has 2 rings (SSSR count). The maximum absolute atomic E-state index is 9.59. The van der Waals surface area contributed by atoms with Gasteiger partial charge in [-0.1, -0.05) is 0 Å². The van der Waals surface area contributed by atoms with E-state index in [2.05, 4.69) is 5.32 Å². The van der Waals surface area contributed by atoms with Crippen LogP contribution in [0.3, 0.4) is 0 Å². The van der Waals surface area contributed by atoms with E-state index >= 15 is 0 Å². The summed E-state index contributed by atoms with van der Waals surface area (Å²) in [5.41, 5.74) is 0. The lowest BCUT2D eigenvalue weighted by Crippen LogP contribution is -2.34. The molecule has 0 bridgehead atoms. The van der Waals surface area contributed by atoms with E-state index in [0.29, 0.717) is 12.3 Å². The molecule has 2 atom stereocenters. The van der Waals surface area contributed by atoms with Crippen molar-refractivity contribution >= 4 is 0 Å². The summed E-state index contributed by atoms with van der Waals surface area (Å²) in [5.74, 6) is 1.39. The minimum atomic E-state index is -0.225. The zero-order chi connectivity index (χ0) is 10.7. The summed E-state index contributed by atoms with van der Waals surface area (Å²) in [6.07, 6.45) is 2.77. The molecule has 1 saturated carbocycles. The normalized spacial score (nSPS) is 26.0. The molecule has 15 heavy (non-hydrogen) atoms. The number of nitrogens with one attached hydrogen (secondary N) is 1. The Kier molecular flexibility index (Phi) is 3.41. The average molecular weight is 211 g/mol. The zero-order valence-corrected chi connectivity index (χ0v) is 8.65. The van der Waals surface area contributed by atoms with Crippen molar-refractivity contribution < 1.29 is 14.6 Å². The summed E-state index contributed by atoms with van der Waals surface area (Å²) in [7, 11) is 0. The molecule has 1 aliphatic carbocycles. The van der Waals surface area contributed by atoms with E-state index in [1.807, 2.05) is 6.07 Å². The summed E-state index contributed by atoms with van der Waals surface area (Å²) >= 11 is 0. The topological polar surface area (TPSA) is 65.6 Å². The first-order chi connectivity index (χ1) is 7.29. The fourth-order valence-corrected chi connectivity index (χ4v) is 2.01. The lowest BCUT2D eigenvalue weighted by Gasteiger charge is -2.15. The van der Waals surface area contributed by atoms with E-state index in [1.165, 1.54) is 0 Å². The first kappa shape index (κ1) is 10.7. The van der Waals surface area contributed by atoms with Crippen molar-refractivity contribution in [2.75, 3.05) is 0 Å². The fourth-order valence-electron chi connectivity index (χ4n) is 2.01. The molecule has 3 N–H and O–H groups in total. The van der Waals surface area contributed by atoms with Crippen LogP contribution in [0.4, 0.5) is 0 Å². The van der Waals surface area contributed by atoms with Crippen molar-refractivity contribution in [1.82, 2.24) is 5.32 Å². The second kappa shape index (κ2) is 4.79. The number of hydrogen-bond donors (Lipinski definition) is 3. The van der Waals surface area contributed by atoms with E-state index in [4.69, 9.17) is 9.52 Å². The number of aliphatic hydroxyl groups is 2. The molecule has 0 radical (unpaired) electrons. The molecule has 1 aliphatic rings. The Bertz CT molecular complexity index is 311. The van der Waals surface area contributed by atoms with Gasteiger partial charge in [0, 0.05) is 6.04 Å². The summed E-state index contributed by atoms with van der Waals surface area (Å²) in [5, 5.41) is 21.7. The maximum atomic E-state index is 9.59. The van der Waals surface area contributed by atoms with Crippen LogP contribution in [0.2, 0.25) is 0 Å². The van der Waals surface area contributed by atoms with Crippen LogP contribution < -0.4 is 5.32 Å². The minimum absolute atomic E-state index is 0.0634. The number of rotatable bonds is 4. The zero-order valence-electron chi connectivity index (χ0n) is 8.65. The molecule has 1 aromatic heterocycles. The molecule has 4 nitrogen and oxygen atoms in total. The van der Waals surface area contributed by atoms with Crippen molar-refractivity contribution in [3.63, 3.8) is 0 Å². The monoisotopic (exact) mass is 211 g/mol. The van der Waals surface area contributed by atoms with Crippen LogP contribution in [0, 0.1) is 0 Å². The van der Waals surface area contributed by atoms with Crippen LogP contribution in [0.1, 0.15) is 30.8 Å². The third-order valence-corrected chi connectivity index (χ3v) is 2.89. The molecule has 0 aromatic carbocycles. The predicted molar refractivity (Wildman–Crippen MR) is 55.1 cm³/mol. The average Bonchev–Trinajstić information content (AvgIpc) is 2.84. The van der Waals surface area contributed by atoms with Gasteiger partial charge in [-0.3, -0.25) is 0 Å². The summed E-state index contributed by atoms with van der Waals surface area (Å²) in [4.78, 5) is 0. The summed E-state index contributed by atoms with van der Waals surface area (Å²) < 4.78 is 5.33. The maximum Gasteiger partial charge on any atom is 0.129 e. The second-order valence-electron chi connectivity index (χ2n) is 4.01. The molecule has 84 valence electrons. The molecule has 2 unspecified atom stereocenters. The van der Waals surface area contributed by atoms with Gasteiger partial charge >= 0.3 is 0 Å². The molecule has 0 amide bonds. The number of aliphatic hydroxyl groups excluding tert-OH is 2. The first-order valence-corrected chi connectivity index (χ1v) is 5.39. The Morgan fingerprint density at radius 1 is 1.33 bits per heavy atom. The molecular formula is C11H17NO3. The van der Waals surface area contributed by atoms with Gasteiger partial charge in [0.2, 0.25) is 0 Å². The lowest BCUT2D eigenvalue weighted by atomic mass is 10.2. The largest absolute Gasteiger partial charge is 0.462 e. The molecule has 0 aliphatic heterocycles. The highest BCUT2D eigenvalue weighted by atomic mass is 16.4. The van der Waals surface area contributed by atoms with Crippen LogP contribution >= 0.6 is 0 Å². The molecule has 1 aromatic rings. The van der Waals surface area contributed by atoms with E-state index in [-0.39, 0.29) is 18.8 Å². The predicted octanol–water partition coefficient (Wildman–Crippen LogP) is 0.775. The molecule has 1 fully saturated rings. The van der Waals surface area contributed by atoms with E-state index < -0.39 is 0 Å². The van der Waals surface area contributed by atoms with Gasteiger partial charge in [0.05, 0.1) is 12.6 Å². The van der Waals surface area contributed by atoms with Gasteiger partial charge < -0.3 is 19.9 Å². The van der Waals surface area contributed by atoms with Crippen LogP contribution in [-0.4, -0.2) is 22.4 Å². The van der Waals surface area contributed by atoms with Crippen LogP contribution in [0.25, 0.3) is 0 Å². The Hall–Kier alpha value is -0.840. The Balaban J connectivity index is 1.82. The quantitative estimate of drug-likeness (QED) is 0.688. The van der Waals surface area contributed by atoms with Crippen LogP contribution in [-0.2, 0) is 13.2 Å². The Labute approximate surface area is 88.9 Å². The van der Waals surface area contributed by atoms with Gasteiger partial charge in [-0.15, -0.1) is 0 Å². The number of hydrogen-bond acceptors (Lipinski definition) is 4. The van der Waals surface area contributed by atoms with Crippen molar-refractivity contribution in [3.05, 3.63) is 23.7 Å². The molecule has 0 saturated heterocycles. The second-order valence-corrected chi connectivity index (χ2v) is 4.01. The Morgan fingerprint density at radius 3 is 2.73 bits per heavy atom. The van der Waals surface area contributed by atoms with Gasteiger partial charge in [-0.25, -0.2) is 0 Å². The summed E-state index contributed by atoms with van der Waals surface area (Å²) in [6, 6.07) is 3.80. The molecular weight excluding hydrogens is 194 g/mol. The van der Waals surface area contributed by atoms with Gasteiger partial charge in [0.15, 0.2) is 0 Å². The van der Waals surface area contributed by atoms with E-state index in [9.17, 15) is 5.11 Å². The SMILES string of the molecule is OCc1ccc(CNC2CCCC2O)o1. The highest BCUT2D eigenvalue weighted by molar-refractivity contribution is 5.06. The van der Waals surface area contributed by atoms with Crippen molar-refractivity contribution in [3.8, 4) is 0 Å².